The largest absolute Gasteiger partial charge is 0.457 e. The number of nitrogens with zero attached hydrogens (tertiary/aromatic N) is 2. The van der Waals surface area contributed by atoms with Crippen molar-refractivity contribution in [2.75, 3.05) is 6.54 Å². The molecular weight excluding hydrogens is 536 g/mol. The third-order valence-corrected chi connectivity index (χ3v) is 7.58. The Balaban J connectivity index is 1.99. The molecule has 1 saturated heterocycles. The molecule has 4 atom stereocenters. The van der Waals surface area contributed by atoms with Crippen molar-refractivity contribution in [2.45, 2.75) is 92.0 Å². The molecule has 4 bridgehead atoms. The third-order valence-electron chi connectivity index (χ3n) is 7.58. The minimum atomic E-state index is -1.09. The molecule has 228 valence electrons. The van der Waals surface area contributed by atoms with Crippen LogP contribution in [0.1, 0.15) is 83.6 Å². The molecule has 10 heteroatoms. The number of carbonyl (C=O) groups excluding carboxylic acids is 4. The minimum Gasteiger partial charge on any atom is -0.457 e. The number of fused-ring (bicyclic) bond motifs is 4. The summed E-state index contributed by atoms with van der Waals surface area (Å²) >= 11 is 0. The number of esters is 2. The molecule has 2 aliphatic rings. The lowest BCUT2D eigenvalue weighted by Crippen LogP contribution is -2.60. The van der Waals surface area contributed by atoms with Crippen molar-refractivity contribution in [3.05, 3.63) is 52.7 Å². The Morgan fingerprint density at radius 1 is 1.12 bits per heavy atom. The summed E-state index contributed by atoms with van der Waals surface area (Å²) in [5.41, 5.74) is 5.32. The van der Waals surface area contributed by atoms with E-state index in [1.165, 1.54) is 5.01 Å². The molecule has 10 nitrogen and oxygen atoms in total. The highest BCUT2D eigenvalue weighted by Crippen LogP contribution is 2.27. The maximum absolute atomic E-state index is 13.2. The average molecular weight is 581 g/mol. The number of benzene rings is 1. The number of aliphatic imine (C=N–C) groups is 1. The van der Waals surface area contributed by atoms with E-state index >= 15 is 0 Å². The van der Waals surface area contributed by atoms with Crippen LogP contribution in [0.15, 0.2) is 41.0 Å². The number of ether oxygens (including phenoxy) is 2. The first-order valence-electron chi connectivity index (χ1n) is 14.5. The summed E-state index contributed by atoms with van der Waals surface area (Å²) in [4.78, 5) is 56.8. The molecule has 2 aliphatic heterocycles. The number of aryl methyl sites for hydroxylation is 1. The predicted molar refractivity (Wildman–Crippen MR) is 161 cm³/mol. The molecule has 2 N–H and O–H groups in total. The number of cyclic esters (lactones) is 2. The van der Waals surface area contributed by atoms with Crippen molar-refractivity contribution in [1.29, 1.82) is 0 Å². The molecule has 0 unspecified atom stereocenters. The zero-order valence-electron chi connectivity index (χ0n) is 25.7. The average Bonchev–Trinajstić information content (AvgIpc) is 2.94. The maximum Gasteiger partial charge on any atom is 0.325 e. The number of hydrazine groups is 1. The monoisotopic (exact) mass is 580 g/mol. The predicted octanol–water partition coefficient (Wildman–Crippen LogP) is 4.19. The quantitative estimate of drug-likeness (QED) is 0.397. The Kier molecular flexibility index (Phi) is 10.8. The molecule has 0 aliphatic carbocycles. The lowest BCUT2D eigenvalue weighted by molar-refractivity contribution is -0.167. The van der Waals surface area contributed by atoms with Crippen LogP contribution in [0, 0.1) is 18.3 Å². The molecule has 0 saturated carbocycles. The van der Waals surface area contributed by atoms with Crippen molar-refractivity contribution in [3.63, 3.8) is 0 Å². The maximum atomic E-state index is 13.2. The summed E-state index contributed by atoms with van der Waals surface area (Å²) in [5.74, 6) is -2.30. The zero-order valence-corrected chi connectivity index (χ0v) is 25.7. The van der Waals surface area contributed by atoms with Gasteiger partial charge in [-0.3, -0.25) is 29.2 Å². The number of hydrogen-bond acceptors (Lipinski definition) is 8. The van der Waals surface area contributed by atoms with Gasteiger partial charge in [-0.05, 0) is 101 Å². The van der Waals surface area contributed by atoms with Gasteiger partial charge in [0.15, 0.2) is 6.10 Å². The van der Waals surface area contributed by atoms with Crippen molar-refractivity contribution < 1.29 is 28.7 Å². The van der Waals surface area contributed by atoms with Gasteiger partial charge >= 0.3 is 11.9 Å². The summed E-state index contributed by atoms with van der Waals surface area (Å²) in [6.07, 6.45) is 5.26. The van der Waals surface area contributed by atoms with Gasteiger partial charge in [-0.2, -0.15) is 0 Å². The fourth-order valence-corrected chi connectivity index (χ4v) is 4.73. The lowest BCUT2D eigenvalue weighted by atomic mass is 9.89. The fraction of sp³-hybridized carbons (Fsp3) is 0.531. The second-order valence-electron chi connectivity index (χ2n) is 12.0. The topological polar surface area (TPSA) is 126 Å². The zero-order chi connectivity index (χ0) is 31.2. The molecule has 0 spiro atoms. The molecule has 1 fully saturated rings. The van der Waals surface area contributed by atoms with Gasteiger partial charge in [0.1, 0.15) is 18.2 Å². The Labute approximate surface area is 248 Å². The van der Waals surface area contributed by atoms with Crippen molar-refractivity contribution in [2.24, 2.45) is 16.3 Å². The molecule has 1 aromatic rings. The number of nitrogens with one attached hydrogen (secondary N) is 2. The number of amides is 2. The van der Waals surface area contributed by atoms with Crippen LogP contribution >= 0.6 is 0 Å². The van der Waals surface area contributed by atoms with Crippen LogP contribution < -0.4 is 10.7 Å². The summed E-state index contributed by atoms with van der Waals surface area (Å²) in [6, 6.07) is 4.17. The van der Waals surface area contributed by atoms with Crippen LogP contribution in [0.25, 0.3) is 6.08 Å². The number of carbonyl (C=O) groups is 4. The van der Waals surface area contributed by atoms with Gasteiger partial charge in [-0.1, -0.05) is 32.1 Å². The van der Waals surface area contributed by atoms with E-state index in [0.717, 1.165) is 16.7 Å². The highest BCUT2D eigenvalue weighted by atomic mass is 16.6. The van der Waals surface area contributed by atoms with Gasteiger partial charge in [0.05, 0.1) is 11.1 Å². The van der Waals surface area contributed by atoms with E-state index < -0.39 is 53.5 Å². The van der Waals surface area contributed by atoms with E-state index in [1.807, 2.05) is 37.3 Å². The smallest absolute Gasteiger partial charge is 0.325 e. The molecule has 1 aromatic carbocycles. The second kappa shape index (κ2) is 13.9. The SMILES string of the molecule is C=NC1=C\c2cc(ccc2C)[C@@H](C)OC(=O)[C@@H]2CCCN(N2)C(=O)[C@H](C)NC(=O)[C@H](C(C)C)OC(=O)C(C)(C)C\C=C\1. The van der Waals surface area contributed by atoms with E-state index in [4.69, 9.17) is 9.47 Å². The molecule has 0 radical (unpaired) electrons. The van der Waals surface area contributed by atoms with Gasteiger partial charge in [0, 0.05) is 6.54 Å². The van der Waals surface area contributed by atoms with Crippen molar-refractivity contribution in [1.82, 2.24) is 15.8 Å². The van der Waals surface area contributed by atoms with E-state index in [9.17, 15) is 19.2 Å². The van der Waals surface area contributed by atoms with E-state index in [-0.39, 0.29) is 5.92 Å². The first kappa shape index (κ1) is 32.7. The molecule has 0 aromatic heterocycles. The van der Waals surface area contributed by atoms with Crippen molar-refractivity contribution in [3.8, 4) is 0 Å². The van der Waals surface area contributed by atoms with Crippen LogP contribution in [-0.4, -0.2) is 60.2 Å². The first-order chi connectivity index (χ1) is 19.7. The van der Waals surface area contributed by atoms with Gasteiger partial charge < -0.3 is 14.8 Å². The van der Waals surface area contributed by atoms with Crippen molar-refractivity contribution >= 4 is 36.5 Å². The number of rotatable bonds is 2. The Bertz CT molecular complexity index is 1270. The Morgan fingerprint density at radius 3 is 2.50 bits per heavy atom. The van der Waals surface area contributed by atoms with Gasteiger partial charge in [0.25, 0.3) is 11.8 Å². The fourth-order valence-electron chi connectivity index (χ4n) is 4.73. The van der Waals surface area contributed by atoms with E-state index in [2.05, 4.69) is 22.5 Å². The normalized spacial score (nSPS) is 28.3. The molecular formula is C32H44N4O6. The van der Waals surface area contributed by atoms with Gasteiger partial charge in [0.2, 0.25) is 0 Å². The summed E-state index contributed by atoms with van der Waals surface area (Å²) < 4.78 is 11.5. The van der Waals surface area contributed by atoms with Gasteiger partial charge in [-0.25, -0.2) is 5.43 Å². The van der Waals surface area contributed by atoms with Crippen LogP contribution in [0.4, 0.5) is 0 Å². The van der Waals surface area contributed by atoms with E-state index in [0.29, 0.717) is 31.5 Å². The van der Waals surface area contributed by atoms with Crippen LogP contribution in [0.5, 0.6) is 0 Å². The van der Waals surface area contributed by atoms with Gasteiger partial charge in [-0.15, -0.1) is 0 Å². The summed E-state index contributed by atoms with van der Waals surface area (Å²) in [7, 11) is 0. The number of allylic oxidation sites excluding steroid dienone is 2. The molecule has 42 heavy (non-hydrogen) atoms. The van der Waals surface area contributed by atoms with E-state index in [1.54, 1.807) is 47.6 Å². The first-order valence-corrected chi connectivity index (χ1v) is 14.5. The molecule has 2 heterocycles. The lowest BCUT2D eigenvalue weighted by Gasteiger charge is -2.35. The highest BCUT2D eigenvalue weighted by molar-refractivity contribution is 5.91. The van der Waals surface area contributed by atoms with Crippen LogP contribution in [0.3, 0.4) is 0 Å². The van der Waals surface area contributed by atoms with Crippen LogP contribution in [-0.2, 0) is 28.7 Å². The summed E-state index contributed by atoms with van der Waals surface area (Å²) in [5, 5.41) is 4.03. The summed E-state index contributed by atoms with van der Waals surface area (Å²) in [6.45, 7) is 16.4. The Hall–Kier alpha value is -3.79. The third kappa shape index (κ3) is 8.15. The second-order valence-corrected chi connectivity index (χ2v) is 12.0. The highest BCUT2D eigenvalue weighted by Gasteiger charge is 2.37. The number of hydrogen-bond donors (Lipinski definition) is 2. The minimum absolute atomic E-state index is 0.327. The Morgan fingerprint density at radius 2 is 1.83 bits per heavy atom. The van der Waals surface area contributed by atoms with Crippen LogP contribution in [0.2, 0.25) is 0 Å². The molecule has 3 rings (SSSR count). The molecule has 2 amide bonds. The standard InChI is InChI=1S/C32H44N4O6/c1-19(2)27-28(37)34-21(4)29(38)36-16-10-12-26(35-36)30(39)41-22(5)23-14-13-20(3)24(17-23)18-25(33-8)11-9-15-32(6,7)31(40)42-27/h9,11,13-14,17-19,21-22,26-27,35H,8,10,12,15-16H2,1-7H3,(H,34,37)/b11-9+,25-18-/t21-,22+,26-,27-/m0/s1.